The van der Waals surface area contributed by atoms with E-state index in [0.29, 0.717) is 0 Å². The second kappa shape index (κ2) is 4.41. The van der Waals surface area contributed by atoms with Crippen LogP contribution in [0.1, 0.15) is 11.6 Å². The molecule has 0 aromatic heterocycles. The van der Waals surface area contributed by atoms with Crippen LogP contribution in [0.2, 0.25) is 0 Å². The van der Waals surface area contributed by atoms with Crippen molar-refractivity contribution < 1.29 is 20.4 Å². The predicted molar refractivity (Wildman–Crippen MR) is 50.4 cm³/mol. The van der Waals surface area contributed by atoms with Crippen molar-refractivity contribution >= 4 is 0 Å². The first-order valence-electron chi connectivity index (χ1n) is 4.00. The van der Waals surface area contributed by atoms with Gasteiger partial charge in [0.2, 0.25) is 0 Å². The second-order valence-corrected chi connectivity index (χ2v) is 2.80. The molecule has 0 heterocycles. The minimum absolute atomic E-state index is 0.117. The zero-order chi connectivity index (χ0) is 11.4. The van der Waals surface area contributed by atoms with Gasteiger partial charge < -0.3 is 20.4 Å². The molecule has 0 aliphatic carbocycles. The molecule has 0 bridgehead atoms. The van der Waals surface area contributed by atoms with Crippen molar-refractivity contribution in [2.75, 3.05) is 6.61 Å². The molecule has 7 heteroatoms. The fourth-order valence-electron chi connectivity index (χ4n) is 1.20. The first-order valence-corrected chi connectivity index (χ1v) is 4.00. The molecule has 0 saturated heterocycles. The van der Waals surface area contributed by atoms with Gasteiger partial charge in [-0.1, -0.05) is 5.11 Å². The minimum atomic E-state index is -1.09. The molecule has 15 heavy (non-hydrogen) atoms. The maximum absolute atomic E-state index is 9.39. The predicted octanol–water partition coefficient (Wildman–Crippen LogP) is 1.15. The summed E-state index contributed by atoms with van der Waals surface area (Å²) in [6, 6.07) is 0.866. The largest absolute Gasteiger partial charge is 0.508 e. The van der Waals surface area contributed by atoms with Crippen LogP contribution in [-0.2, 0) is 0 Å². The summed E-state index contributed by atoms with van der Waals surface area (Å²) < 4.78 is 0. The highest BCUT2D eigenvalue weighted by Gasteiger charge is 2.18. The first-order chi connectivity index (χ1) is 7.10. The topological polar surface area (TPSA) is 130 Å². The number of rotatable bonds is 3. The van der Waals surface area contributed by atoms with Crippen LogP contribution in [0.3, 0.4) is 0 Å². The molecule has 1 atom stereocenters. The number of azide groups is 1. The lowest BCUT2D eigenvalue weighted by atomic mass is 10.1. The number of phenols is 3. The van der Waals surface area contributed by atoms with E-state index >= 15 is 0 Å². The van der Waals surface area contributed by atoms with Gasteiger partial charge in [-0.25, -0.2) is 0 Å². The van der Waals surface area contributed by atoms with Gasteiger partial charge in [0.1, 0.15) is 17.2 Å². The van der Waals surface area contributed by atoms with E-state index < -0.39 is 24.1 Å². The molecule has 7 nitrogen and oxygen atoms in total. The number of nitrogens with zero attached hydrogens (tertiary/aromatic N) is 3. The average Bonchev–Trinajstić information content (AvgIpc) is 2.14. The molecule has 4 N–H and O–H groups in total. The van der Waals surface area contributed by atoms with Crippen molar-refractivity contribution in [3.63, 3.8) is 0 Å². The molecular weight excluding hydrogens is 202 g/mol. The number of hydrogen-bond donors (Lipinski definition) is 4. The maximum atomic E-state index is 9.39. The summed E-state index contributed by atoms with van der Waals surface area (Å²) in [4.78, 5) is 2.47. The zero-order valence-electron chi connectivity index (χ0n) is 7.57. The zero-order valence-corrected chi connectivity index (χ0v) is 7.57. The molecular formula is C8H9N3O4. The maximum Gasteiger partial charge on any atom is 0.126 e. The number of benzene rings is 1. The lowest BCUT2D eigenvalue weighted by molar-refractivity contribution is 0.261. The molecule has 0 radical (unpaired) electrons. The lowest BCUT2D eigenvalue weighted by Crippen LogP contribution is -2.00. The van der Waals surface area contributed by atoms with Crippen molar-refractivity contribution in [3.8, 4) is 17.2 Å². The van der Waals surface area contributed by atoms with Crippen LogP contribution < -0.4 is 0 Å². The Labute approximate surface area is 84.5 Å². The van der Waals surface area contributed by atoms with Crippen LogP contribution >= 0.6 is 0 Å². The third-order valence-corrected chi connectivity index (χ3v) is 1.82. The van der Waals surface area contributed by atoms with Crippen molar-refractivity contribution in [3.05, 3.63) is 28.1 Å². The van der Waals surface area contributed by atoms with Crippen molar-refractivity contribution in [1.29, 1.82) is 0 Å². The highest BCUT2D eigenvalue weighted by atomic mass is 16.3. The smallest absolute Gasteiger partial charge is 0.126 e. The van der Waals surface area contributed by atoms with Crippen molar-refractivity contribution in [1.82, 2.24) is 0 Å². The van der Waals surface area contributed by atoms with E-state index in [0.717, 1.165) is 12.1 Å². The Bertz CT molecular complexity index is 391. The van der Waals surface area contributed by atoms with Crippen LogP contribution in [-0.4, -0.2) is 27.0 Å². The lowest BCUT2D eigenvalue weighted by Gasteiger charge is -2.12. The normalized spacial score (nSPS) is 11.8. The van der Waals surface area contributed by atoms with Gasteiger partial charge in [-0.05, 0) is 5.53 Å². The summed E-state index contributed by atoms with van der Waals surface area (Å²) in [5.41, 5.74) is 8.08. The van der Waals surface area contributed by atoms with Gasteiger partial charge in [0.15, 0.2) is 0 Å². The summed E-state index contributed by atoms with van der Waals surface area (Å²) in [6.45, 7) is -0.560. The summed E-state index contributed by atoms with van der Waals surface area (Å²) in [6.07, 6.45) is 0. The molecule has 1 aromatic carbocycles. The number of aliphatic hydroxyl groups excluding tert-OH is 1. The molecule has 1 rings (SSSR count). The summed E-state index contributed by atoms with van der Waals surface area (Å²) >= 11 is 0. The second-order valence-electron chi connectivity index (χ2n) is 2.80. The average molecular weight is 211 g/mol. The molecule has 0 saturated carbocycles. The van der Waals surface area contributed by atoms with Gasteiger partial charge in [-0.3, -0.25) is 0 Å². The first kappa shape index (κ1) is 11.0. The summed E-state index contributed by atoms with van der Waals surface area (Å²) in [5, 5.41) is 39.9. The minimum Gasteiger partial charge on any atom is -0.508 e. The highest BCUT2D eigenvalue weighted by molar-refractivity contribution is 5.50. The fourth-order valence-corrected chi connectivity index (χ4v) is 1.20. The van der Waals surface area contributed by atoms with Crippen LogP contribution in [0.4, 0.5) is 0 Å². The van der Waals surface area contributed by atoms with E-state index in [4.69, 9.17) is 15.7 Å². The molecule has 0 fully saturated rings. The van der Waals surface area contributed by atoms with E-state index in [1.54, 1.807) is 0 Å². The standard InChI is InChI=1S/C8H9N3O4/c9-11-10-5(3-12)8-6(14)1-4(13)2-7(8)15/h1-2,5,12-15H,3H2. The quantitative estimate of drug-likeness (QED) is 0.339. The van der Waals surface area contributed by atoms with Crippen molar-refractivity contribution in [2.24, 2.45) is 5.11 Å². The Morgan fingerprint density at radius 3 is 2.20 bits per heavy atom. The van der Waals surface area contributed by atoms with E-state index in [1.165, 1.54) is 0 Å². The van der Waals surface area contributed by atoms with Crippen LogP contribution in [0.25, 0.3) is 10.4 Å². The number of hydrogen-bond acceptors (Lipinski definition) is 5. The van der Waals surface area contributed by atoms with Gasteiger partial charge in [0, 0.05) is 22.6 Å². The van der Waals surface area contributed by atoms with Gasteiger partial charge in [-0.2, -0.15) is 0 Å². The monoisotopic (exact) mass is 211 g/mol. The van der Waals surface area contributed by atoms with Gasteiger partial charge in [-0.15, -0.1) is 0 Å². The number of aromatic hydroxyl groups is 3. The highest BCUT2D eigenvalue weighted by Crippen LogP contribution is 2.37. The molecule has 0 amide bonds. The third kappa shape index (κ3) is 2.22. The Kier molecular flexibility index (Phi) is 3.22. The Balaban J connectivity index is 3.28. The van der Waals surface area contributed by atoms with Crippen LogP contribution in [0, 0.1) is 0 Å². The molecule has 1 unspecified atom stereocenters. The molecule has 1 aromatic rings. The molecule has 0 aliphatic heterocycles. The van der Waals surface area contributed by atoms with E-state index in [2.05, 4.69) is 10.0 Å². The summed E-state index contributed by atoms with van der Waals surface area (Å²) in [7, 11) is 0. The van der Waals surface area contributed by atoms with Gasteiger partial charge >= 0.3 is 0 Å². The Hall–Kier alpha value is -2.11. The van der Waals surface area contributed by atoms with E-state index in [-0.39, 0.29) is 11.3 Å². The third-order valence-electron chi connectivity index (χ3n) is 1.82. The molecule has 0 spiro atoms. The van der Waals surface area contributed by atoms with Crippen LogP contribution in [0.15, 0.2) is 17.2 Å². The SMILES string of the molecule is [N-]=[N+]=NC(CO)c1c(O)cc(O)cc1O. The summed E-state index contributed by atoms with van der Waals surface area (Å²) in [5.74, 6) is -1.22. The number of phenolic OH excluding ortho intramolecular Hbond substituents is 3. The number of aliphatic hydroxyl groups is 1. The Morgan fingerprint density at radius 1 is 1.27 bits per heavy atom. The molecule has 0 aliphatic rings. The van der Waals surface area contributed by atoms with Gasteiger partial charge in [0.25, 0.3) is 0 Å². The van der Waals surface area contributed by atoms with Crippen molar-refractivity contribution in [2.45, 2.75) is 6.04 Å². The van der Waals surface area contributed by atoms with E-state index in [9.17, 15) is 10.2 Å². The molecule has 80 valence electrons. The van der Waals surface area contributed by atoms with Gasteiger partial charge in [0.05, 0.1) is 12.6 Å². The fraction of sp³-hybridized carbons (Fsp3) is 0.250. The van der Waals surface area contributed by atoms with E-state index in [1.807, 2.05) is 0 Å². The Morgan fingerprint density at radius 2 is 1.80 bits per heavy atom. The van der Waals surface area contributed by atoms with Crippen LogP contribution in [0.5, 0.6) is 17.2 Å².